The highest BCUT2D eigenvalue weighted by Gasteiger charge is 2.31. The molecule has 0 saturated carbocycles. The van der Waals surface area contributed by atoms with Crippen molar-refractivity contribution >= 4 is 31.6 Å². The molecular formula is C16H14F3N3O2S. The third-order valence-corrected chi connectivity index (χ3v) is 5.34. The highest BCUT2D eigenvalue weighted by Crippen LogP contribution is 2.36. The van der Waals surface area contributed by atoms with Crippen molar-refractivity contribution in [1.29, 1.82) is 0 Å². The number of morpholine rings is 1. The van der Waals surface area contributed by atoms with Crippen molar-refractivity contribution in [2.24, 2.45) is 0 Å². The molecule has 0 atom stereocenters. The van der Waals surface area contributed by atoms with Crippen LogP contribution in [0.2, 0.25) is 0 Å². The molecule has 1 aliphatic rings. The van der Waals surface area contributed by atoms with E-state index in [0.717, 1.165) is 36.6 Å². The number of fused-ring (bicyclic) bond motifs is 3. The molecule has 1 N–H and O–H groups in total. The maximum absolute atomic E-state index is 13.0. The molecule has 0 aliphatic carbocycles. The van der Waals surface area contributed by atoms with Crippen LogP contribution >= 0.6 is 11.3 Å². The molecule has 4 rings (SSSR count). The number of aromatic nitrogens is 2. The van der Waals surface area contributed by atoms with Crippen molar-refractivity contribution in [2.75, 3.05) is 26.3 Å². The van der Waals surface area contributed by atoms with E-state index >= 15 is 0 Å². The van der Waals surface area contributed by atoms with Gasteiger partial charge in [0.1, 0.15) is 10.5 Å². The summed E-state index contributed by atoms with van der Waals surface area (Å²) in [6.45, 7) is 3.12. The Balaban J connectivity index is 1.82. The van der Waals surface area contributed by atoms with Gasteiger partial charge in [-0.3, -0.25) is 9.69 Å². The van der Waals surface area contributed by atoms with Gasteiger partial charge < -0.3 is 9.72 Å². The van der Waals surface area contributed by atoms with Crippen molar-refractivity contribution in [3.05, 3.63) is 39.9 Å². The maximum Gasteiger partial charge on any atom is 0.416 e. The molecule has 1 aromatic carbocycles. The molecule has 25 heavy (non-hydrogen) atoms. The Morgan fingerprint density at radius 3 is 2.76 bits per heavy atom. The minimum Gasteiger partial charge on any atom is -0.379 e. The number of ether oxygens (including phenoxy) is 1. The summed E-state index contributed by atoms with van der Waals surface area (Å²) in [6, 6.07) is 3.49. The second-order valence-corrected chi connectivity index (χ2v) is 6.94. The van der Waals surface area contributed by atoms with Gasteiger partial charge in [-0.2, -0.15) is 13.2 Å². The van der Waals surface area contributed by atoms with E-state index in [2.05, 4.69) is 14.9 Å². The van der Waals surface area contributed by atoms with Crippen molar-refractivity contribution < 1.29 is 17.9 Å². The first-order valence-corrected chi connectivity index (χ1v) is 8.56. The van der Waals surface area contributed by atoms with Crippen LogP contribution in [0, 0.1) is 0 Å². The van der Waals surface area contributed by atoms with Gasteiger partial charge in [-0.1, -0.05) is 0 Å². The predicted octanol–water partition coefficient (Wildman–Crippen LogP) is 2.99. The fourth-order valence-electron chi connectivity index (χ4n) is 2.92. The van der Waals surface area contributed by atoms with E-state index in [9.17, 15) is 18.0 Å². The number of halogens is 3. The number of hydrogen-bond acceptors (Lipinski definition) is 5. The summed E-state index contributed by atoms with van der Waals surface area (Å²) < 4.78 is 45.2. The lowest BCUT2D eigenvalue weighted by molar-refractivity contribution is -0.137. The topological polar surface area (TPSA) is 58.2 Å². The fourth-order valence-corrected chi connectivity index (χ4v) is 3.94. The average molecular weight is 369 g/mol. The second kappa shape index (κ2) is 6.08. The minimum atomic E-state index is -4.43. The van der Waals surface area contributed by atoms with E-state index < -0.39 is 11.7 Å². The highest BCUT2D eigenvalue weighted by molar-refractivity contribution is 7.25. The first kappa shape index (κ1) is 16.5. The van der Waals surface area contributed by atoms with Crippen LogP contribution in [0.15, 0.2) is 23.0 Å². The van der Waals surface area contributed by atoms with Crippen LogP contribution in [-0.4, -0.2) is 41.2 Å². The SMILES string of the molecule is O=c1[nH]c(CN2CCOCC2)nc2c1sc1ccc(C(F)(F)F)cc12. The molecule has 3 aromatic rings. The Morgan fingerprint density at radius 1 is 1.28 bits per heavy atom. The minimum absolute atomic E-state index is 0.317. The number of alkyl halides is 3. The third kappa shape index (κ3) is 3.14. The van der Waals surface area contributed by atoms with Gasteiger partial charge >= 0.3 is 6.18 Å². The summed E-state index contributed by atoms with van der Waals surface area (Å²) in [6.07, 6.45) is -4.43. The second-order valence-electron chi connectivity index (χ2n) is 5.89. The molecule has 0 spiro atoms. The van der Waals surface area contributed by atoms with Crippen LogP contribution in [-0.2, 0) is 17.5 Å². The molecule has 1 fully saturated rings. The van der Waals surface area contributed by atoms with E-state index in [1.165, 1.54) is 6.07 Å². The summed E-state index contributed by atoms with van der Waals surface area (Å²) in [7, 11) is 0. The summed E-state index contributed by atoms with van der Waals surface area (Å²) in [5.41, 5.74) is -0.724. The molecule has 3 heterocycles. The normalized spacial score (nSPS) is 16.8. The summed E-state index contributed by atoms with van der Waals surface area (Å²) in [5.74, 6) is 0.455. The quantitative estimate of drug-likeness (QED) is 0.755. The van der Waals surface area contributed by atoms with Crippen molar-refractivity contribution in [2.45, 2.75) is 12.7 Å². The smallest absolute Gasteiger partial charge is 0.379 e. The van der Waals surface area contributed by atoms with Crippen molar-refractivity contribution in [3.8, 4) is 0 Å². The number of benzene rings is 1. The Kier molecular flexibility index (Phi) is 4.01. The van der Waals surface area contributed by atoms with Gasteiger partial charge in [0.05, 0.1) is 30.8 Å². The molecule has 1 saturated heterocycles. The molecular weight excluding hydrogens is 355 g/mol. The van der Waals surface area contributed by atoms with Crippen LogP contribution < -0.4 is 5.56 Å². The number of aromatic amines is 1. The fraction of sp³-hybridized carbons (Fsp3) is 0.375. The van der Waals surface area contributed by atoms with E-state index in [1.807, 2.05) is 0 Å². The standard InChI is InChI=1S/C16H14F3N3O2S/c17-16(18,19)9-1-2-11-10(7-9)13-14(25-11)15(23)21-12(20-13)8-22-3-5-24-6-4-22/h1-2,7H,3-6,8H2,(H,20,21,23). The Hall–Kier alpha value is -1.97. The monoisotopic (exact) mass is 369 g/mol. The van der Waals surface area contributed by atoms with Crippen molar-refractivity contribution in [1.82, 2.24) is 14.9 Å². The van der Waals surface area contributed by atoms with Gasteiger partial charge in [0, 0.05) is 23.2 Å². The van der Waals surface area contributed by atoms with Crippen LogP contribution in [0.3, 0.4) is 0 Å². The Morgan fingerprint density at radius 2 is 2.04 bits per heavy atom. The molecule has 5 nitrogen and oxygen atoms in total. The number of hydrogen-bond donors (Lipinski definition) is 1. The summed E-state index contributed by atoms with van der Waals surface area (Å²) in [4.78, 5) is 21.6. The van der Waals surface area contributed by atoms with E-state index in [4.69, 9.17) is 4.74 Å². The van der Waals surface area contributed by atoms with Crippen LogP contribution in [0.4, 0.5) is 13.2 Å². The van der Waals surface area contributed by atoms with Gasteiger partial charge in [-0.25, -0.2) is 4.98 Å². The third-order valence-electron chi connectivity index (χ3n) is 4.18. The first-order valence-electron chi connectivity index (χ1n) is 7.74. The molecule has 132 valence electrons. The lowest BCUT2D eigenvalue weighted by Crippen LogP contribution is -2.36. The Labute approximate surface area is 144 Å². The summed E-state index contributed by atoms with van der Waals surface area (Å²) in [5, 5.41) is 0.365. The van der Waals surface area contributed by atoms with Crippen LogP contribution in [0.1, 0.15) is 11.4 Å². The lowest BCUT2D eigenvalue weighted by atomic mass is 10.1. The summed E-state index contributed by atoms with van der Waals surface area (Å²) >= 11 is 1.16. The van der Waals surface area contributed by atoms with E-state index in [-0.39, 0.29) is 5.56 Å². The average Bonchev–Trinajstić information content (AvgIpc) is 2.94. The predicted molar refractivity (Wildman–Crippen MR) is 88.8 cm³/mol. The van der Waals surface area contributed by atoms with Crippen molar-refractivity contribution in [3.63, 3.8) is 0 Å². The van der Waals surface area contributed by atoms with E-state index in [0.29, 0.717) is 45.9 Å². The first-order chi connectivity index (χ1) is 11.9. The maximum atomic E-state index is 13.0. The molecule has 9 heteroatoms. The van der Waals surface area contributed by atoms with Gasteiger partial charge in [0.15, 0.2) is 0 Å². The van der Waals surface area contributed by atoms with Crippen LogP contribution in [0.5, 0.6) is 0 Å². The largest absolute Gasteiger partial charge is 0.416 e. The zero-order chi connectivity index (χ0) is 17.6. The number of nitrogens with one attached hydrogen (secondary N) is 1. The molecule has 2 aromatic heterocycles. The van der Waals surface area contributed by atoms with Gasteiger partial charge in [0.2, 0.25) is 0 Å². The Bertz CT molecular complexity index is 990. The molecule has 0 radical (unpaired) electrons. The zero-order valence-corrected chi connectivity index (χ0v) is 13.8. The number of thiophene rings is 1. The highest BCUT2D eigenvalue weighted by atomic mass is 32.1. The van der Waals surface area contributed by atoms with Gasteiger partial charge in [-0.05, 0) is 18.2 Å². The number of rotatable bonds is 2. The number of nitrogens with zero attached hydrogens (tertiary/aromatic N) is 2. The van der Waals surface area contributed by atoms with E-state index in [1.54, 1.807) is 0 Å². The molecule has 0 amide bonds. The van der Waals surface area contributed by atoms with Gasteiger partial charge in [-0.15, -0.1) is 11.3 Å². The molecule has 0 unspecified atom stereocenters. The van der Waals surface area contributed by atoms with Crippen LogP contribution in [0.25, 0.3) is 20.3 Å². The zero-order valence-electron chi connectivity index (χ0n) is 13.0. The molecule has 0 bridgehead atoms. The molecule has 1 aliphatic heterocycles. The lowest BCUT2D eigenvalue weighted by Gasteiger charge is -2.25. The van der Waals surface area contributed by atoms with Gasteiger partial charge in [0.25, 0.3) is 5.56 Å². The number of H-pyrrole nitrogens is 1.